The van der Waals surface area contributed by atoms with Gasteiger partial charge in [-0.2, -0.15) is 0 Å². The zero-order chi connectivity index (χ0) is 15.5. The van der Waals surface area contributed by atoms with Crippen molar-refractivity contribution >= 4 is 15.9 Å². The number of amides is 1. The van der Waals surface area contributed by atoms with Crippen molar-refractivity contribution in [2.24, 2.45) is 0 Å². The average molecular weight is 308 g/mol. The summed E-state index contributed by atoms with van der Waals surface area (Å²) in [4.78, 5) is 13.7. The lowest BCUT2D eigenvalue weighted by atomic mass is 10.0. The molecule has 2 rings (SSSR count). The van der Waals surface area contributed by atoms with Gasteiger partial charge in [-0.3, -0.25) is 4.79 Å². The molecule has 1 N–H and O–H groups in total. The van der Waals surface area contributed by atoms with Gasteiger partial charge in [-0.1, -0.05) is 36.9 Å². The smallest absolute Gasteiger partial charge is 0.246 e. The molecule has 21 heavy (non-hydrogen) atoms. The van der Waals surface area contributed by atoms with Gasteiger partial charge in [0.2, 0.25) is 15.9 Å². The standard InChI is InChI=1S/C15H20N2O3S/c1-3-15(18)17-10-9-13(16-21(2,19)20)14(17)11-12-7-5-4-6-8-12/h3-8,13-14,16H,1,9-11H2,2H3/t13-,14+/m1/s1. The number of hydrogen-bond acceptors (Lipinski definition) is 3. The summed E-state index contributed by atoms with van der Waals surface area (Å²) < 4.78 is 25.6. The molecule has 1 heterocycles. The molecule has 0 unspecified atom stereocenters. The largest absolute Gasteiger partial charge is 0.334 e. The third kappa shape index (κ3) is 4.15. The molecule has 0 spiro atoms. The number of benzene rings is 1. The van der Waals surface area contributed by atoms with Crippen molar-refractivity contribution in [2.45, 2.75) is 24.9 Å². The predicted molar refractivity (Wildman–Crippen MR) is 82.2 cm³/mol. The van der Waals surface area contributed by atoms with E-state index in [1.807, 2.05) is 30.3 Å². The molecule has 0 aromatic heterocycles. The van der Waals surface area contributed by atoms with Gasteiger partial charge in [0.1, 0.15) is 0 Å². The van der Waals surface area contributed by atoms with Crippen molar-refractivity contribution in [1.82, 2.24) is 9.62 Å². The van der Waals surface area contributed by atoms with E-state index >= 15 is 0 Å². The third-order valence-electron chi connectivity index (χ3n) is 3.66. The molecule has 2 atom stereocenters. The number of rotatable bonds is 5. The number of hydrogen-bond donors (Lipinski definition) is 1. The molecular weight excluding hydrogens is 288 g/mol. The van der Waals surface area contributed by atoms with Gasteiger partial charge in [0.15, 0.2) is 0 Å². The molecule has 0 aliphatic carbocycles. The quantitative estimate of drug-likeness (QED) is 0.823. The summed E-state index contributed by atoms with van der Waals surface area (Å²) in [5.41, 5.74) is 1.08. The second-order valence-electron chi connectivity index (χ2n) is 5.28. The van der Waals surface area contributed by atoms with Crippen LogP contribution in [0.5, 0.6) is 0 Å². The maximum absolute atomic E-state index is 12.0. The monoisotopic (exact) mass is 308 g/mol. The minimum Gasteiger partial charge on any atom is -0.334 e. The summed E-state index contributed by atoms with van der Waals surface area (Å²) in [7, 11) is -3.30. The molecule has 0 radical (unpaired) electrons. The predicted octanol–water partition coefficient (Wildman–Crippen LogP) is 0.934. The van der Waals surface area contributed by atoms with Gasteiger partial charge in [0.05, 0.1) is 12.3 Å². The van der Waals surface area contributed by atoms with Crippen molar-refractivity contribution in [2.75, 3.05) is 12.8 Å². The molecule has 1 aliphatic heterocycles. The number of nitrogens with one attached hydrogen (secondary N) is 1. The molecule has 1 aromatic rings. The first-order chi connectivity index (χ1) is 9.90. The lowest BCUT2D eigenvalue weighted by Gasteiger charge is -2.27. The average Bonchev–Trinajstić information content (AvgIpc) is 2.80. The molecule has 1 aromatic carbocycles. The van der Waals surface area contributed by atoms with Crippen LogP contribution in [-0.2, 0) is 21.2 Å². The number of carbonyl (C=O) groups excluding carboxylic acids is 1. The van der Waals surface area contributed by atoms with E-state index in [9.17, 15) is 13.2 Å². The third-order valence-corrected chi connectivity index (χ3v) is 4.39. The van der Waals surface area contributed by atoms with Gasteiger partial charge in [-0.15, -0.1) is 0 Å². The molecule has 1 fully saturated rings. The van der Waals surface area contributed by atoms with Crippen LogP contribution in [0.2, 0.25) is 0 Å². The fourth-order valence-corrected chi connectivity index (χ4v) is 3.59. The van der Waals surface area contributed by atoms with Gasteiger partial charge < -0.3 is 4.90 Å². The van der Waals surface area contributed by atoms with E-state index in [-0.39, 0.29) is 18.0 Å². The summed E-state index contributed by atoms with van der Waals surface area (Å²) in [5.74, 6) is -0.159. The van der Waals surface area contributed by atoms with Gasteiger partial charge in [-0.25, -0.2) is 13.1 Å². The highest BCUT2D eigenvalue weighted by molar-refractivity contribution is 7.88. The molecule has 0 bridgehead atoms. The number of sulfonamides is 1. The minimum atomic E-state index is -3.30. The van der Waals surface area contributed by atoms with E-state index in [1.165, 1.54) is 6.08 Å². The van der Waals surface area contributed by atoms with E-state index < -0.39 is 10.0 Å². The van der Waals surface area contributed by atoms with E-state index in [2.05, 4.69) is 11.3 Å². The first-order valence-electron chi connectivity index (χ1n) is 6.85. The fraction of sp³-hybridized carbons (Fsp3) is 0.400. The molecule has 114 valence electrons. The van der Waals surface area contributed by atoms with E-state index in [0.717, 1.165) is 11.8 Å². The maximum atomic E-state index is 12.0. The van der Waals surface area contributed by atoms with Crippen LogP contribution in [-0.4, -0.2) is 44.1 Å². The Morgan fingerprint density at radius 3 is 2.67 bits per heavy atom. The minimum absolute atomic E-state index is 0.159. The summed E-state index contributed by atoms with van der Waals surface area (Å²) in [6.45, 7) is 4.05. The van der Waals surface area contributed by atoms with Crippen molar-refractivity contribution in [3.8, 4) is 0 Å². The van der Waals surface area contributed by atoms with Gasteiger partial charge in [-0.05, 0) is 24.5 Å². The number of nitrogens with zero attached hydrogens (tertiary/aromatic N) is 1. The highest BCUT2D eigenvalue weighted by Gasteiger charge is 2.37. The Kier molecular flexibility index (Phi) is 4.80. The molecule has 1 aliphatic rings. The van der Waals surface area contributed by atoms with Crippen molar-refractivity contribution < 1.29 is 13.2 Å². The SMILES string of the molecule is C=CC(=O)N1CC[C@@H](NS(C)(=O)=O)[C@@H]1Cc1ccccc1. The number of carbonyl (C=O) groups is 1. The molecule has 5 nitrogen and oxygen atoms in total. The highest BCUT2D eigenvalue weighted by Crippen LogP contribution is 2.23. The van der Waals surface area contributed by atoms with Gasteiger partial charge in [0, 0.05) is 12.6 Å². The van der Waals surface area contributed by atoms with Crippen LogP contribution in [0.15, 0.2) is 43.0 Å². The normalized spacial score (nSPS) is 22.2. The molecule has 0 saturated carbocycles. The van der Waals surface area contributed by atoms with Crippen LogP contribution in [0.4, 0.5) is 0 Å². The van der Waals surface area contributed by atoms with Crippen molar-refractivity contribution in [1.29, 1.82) is 0 Å². The Morgan fingerprint density at radius 2 is 2.10 bits per heavy atom. The molecule has 6 heteroatoms. The summed E-state index contributed by atoms with van der Waals surface area (Å²) in [6, 6.07) is 9.30. The molecule has 1 amide bonds. The Bertz CT molecular complexity index is 613. The fourth-order valence-electron chi connectivity index (χ4n) is 2.76. The van der Waals surface area contributed by atoms with Crippen LogP contribution in [0.25, 0.3) is 0 Å². The van der Waals surface area contributed by atoms with Crippen LogP contribution >= 0.6 is 0 Å². The lowest BCUT2D eigenvalue weighted by Crippen LogP contribution is -2.47. The Balaban J connectivity index is 2.22. The first-order valence-corrected chi connectivity index (χ1v) is 8.74. The van der Waals surface area contributed by atoms with Crippen LogP contribution in [0.3, 0.4) is 0 Å². The van der Waals surface area contributed by atoms with Gasteiger partial charge in [0.25, 0.3) is 0 Å². The summed E-state index contributed by atoms with van der Waals surface area (Å²) in [6.07, 6.45) is 3.66. The van der Waals surface area contributed by atoms with E-state index in [4.69, 9.17) is 0 Å². The van der Waals surface area contributed by atoms with Crippen molar-refractivity contribution in [3.63, 3.8) is 0 Å². The Morgan fingerprint density at radius 1 is 1.43 bits per heavy atom. The van der Waals surface area contributed by atoms with Crippen LogP contribution in [0.1, 0.15) is 12.0 Å². The Labute approximate surface area is 125 Å². The summed E-state index contributed by atoms with van der Waals surface area (Å²) in [5, 5.41) is 0. The second-order valence-corrected chi connectivity index (χ2v) is 7.06. The van der Waals surface area contributed by atoms with Crippen LogP contribution in [0, 0.1) is 0 Å². The van der Waals surface area contributed by atoms with E-state index in [1.54, 1.807) is 4.90 Å². The second kappa shape index (κ2) is 6.41. The molecule has 1 saturated heterocycles. The zero-order valence-electron chi connectivity index (χ0n) is 12.0. The van der Waals surface area contributed by atoms with Crippen molar-refractivity contribution in [3.05, 3.63) is 48.6 Å². The summed E-state index contributed by atoms with van der Waals surface area (Å²) >= 11 is 0. The maximum Gasteiger partial charge on any atom is 0.246 e. The topological polar surface area (TPSA) is 66.5 Å². The molecular formula is C15H20N2O3S. The van der Waals surface area contributed by atoms with Crippen LogP contribution < -0.4 is 4.72 Å². The first kappa shape index (κ1) is 15.7. The van der Waals surface area contributed by atoms with Gasteiger partial charge >= 0.3 is 0 Å². The van der Waals surface area contributed by atoms with E-state index in [0.29, 0.717) is 19.4 Å². The highest BCUT2D eigenvalue weighted by atomic mass is 32.2. The zero-order valence-corrected chi connectivity index (χ0v) is 12.8. The lowest BCUT2D eigenvalue weighted by molar-refractivity contribution is -0.126. The number of likely N-dealkylation sites (tertiary alicyclic amines) is 1. The Hall–Kier alpha value is -1.66.